The van der Waals surface area contributed by atoms with E-state index in [9.17, 15) is 0 Å². The molecule has 1 aromatic heterocycles. The Hall–Kier alpha value is -4.50. The number of hydrogen-bond acceptors (Lipinski definition) is 6. The molecule has 0 amide bonds. The first-order chi connectivity index (χ1) is 16.1. The van der Waals surface area contributed by atoms with E-state index in [1.165, 1.54) is 0 Å². The molecule has 2 N–H and O–H groups in total. The highest BCUT2D eigenvalue weighted by atomic mass is 16.5. The molecule has 164 valence electrons. The maximum absolute atomic E-state index is 9.06. The van der Waals surface area contributed by atoms with Gasteiger partial charge in [0.2, 0.25) is 0 Å². The smallest absolute Gasteiger partial charge is 0.142 e. The van der Waals surface area contributed by atoms with Crippen molar-refractivity contribution in [3.63, 3.8) is 0 Å². The molecule has 0 saturated heterocycles. The summed E-state index contributed by atoms with van der Waals surface area (Å²) in [6.07, 6.45) is 1.78. The van der Waals surface area contributed by atoms with Gasteiger partial charge < -0.3 is 20.1 Å². The zero-order valence-electron chi connectivity index (χ0n) is 18.6. The van der Waals surface area contributed by atoms with E-state index in [1.807, 2.05) is 54.6 Å². The van der Waals surface area contributed by atoms with E-state index in [4.69, 9.17) is 14.7 Å². The Morgan fingerprint density at radius 1 is 1.00 bits per heavy atom. The Bertz CT molecular complexity index is 1360. The van der Waals surface area contributed by atoms with Crippen LogP contribution in [0.1, 0.15) is 0 Å². The number of benzene rings is 3. The van der Waals surface area contributed by atoms with Gasteiger partial charge in [-0.2, -0.15) is 5.26 Å². The summed E-state index contributed by atoms with van der Waals surface area (Å²) >= 11 is 0. The number of nitriles is 1. The minimum atomic E-state index is 0.342. The number of ether oxygens (including phenoxy) is 2. The summed E-state index contributed by atoms with van der Waals surface area (Å²) in [6.45, 7) is 4.10. The Labute approximate surface area is 193 Å². The molecular weight excluding hydrogens is 412 g/mol. The van der Waals surface area contributed by atoms with Crippen LogP contribution in [0.2, 0.25) is 0 Å². The molecule has 0 spiro atoms. The first-order valence-corrected chi connectivity index (χ1v) is 10.4. The Morgan fingerprint density at radius 3 is 2.61 bits per heavy atom. The van der Waals surface area contributed by atoms with Crippen LogP contribution in [0.25, 0.3) is 22.0 Å². The molecule has 0 aliphatic heterocycles. The summed E-state index contributed by atoms with van der Waals surface area (Å²) in [5.74, 6) is 1.49. The number of methoxy groups -OCH3 is 2. The van der Waals surface area contributed by atoms with Crippen LogP contribution >= 0.6 is 0 Å². The summed E-state index contributed by atoms with van der Waals surface area (Å²) in [5.41, 5.74) is 4.91. The third-order valence-corrected chi connectivity index (χ3v) is 5.25. The van der Waals surface area contributed by atoms with Crippen molar-refractivity contribution in [2.45, 2.75) is 0 Å². The molecule has 4 rings (SSSR count). The van der Waals surface area contributed by atoms with Crippen molar-refractivity contribution in [3.8, 4) is 28.8 Å². The number of fused-ring (bicyclic) bond motifs is 1. The van der Waals surface area contributed by atoms with Crippen LogP contribution in [-0.2, 0) is 0 Å². The third-order valence-electron chi connectivity index (χ3n) is 5.25. The molecule has 4 aromatic rings. The van der Waals surface area contributed by atoms with E-state index in [0.717, 1.165) is 44.8 Å². The highest BCUT2D eigenvalue weighted by Crippen LogP contribution is 2.36. The van der Waals surface area contributed by atoms with Gasteiger partial charge in [-0.1, -0.05) is 30.8 Å². The molecule has 6 nitrogen and oxygen atoms in total. The van der Waals surface area contributed by atoms with Gasteiger partial charge in [0, 0.05) is 46.7 Å². The number of anilines is 3. The lowest BCUT2D eigenvalue weighted by atomic mass is 10.0. The lowest BCUT2D eigenvalue weighted by Crippen LogP contribution is -2.05. The summed E-state index contributed by atoms with van der Waals surface area (Å²) in [7, 11) is 3.28. The number of aromatic nitrogens is 1. The highest BCUT2D eigenvalue weighted by molar-refractivity contribution is 5.99. The zero-order valence-corrected chi connectivity index (χ0v) is 18.6. The van der Waals surface area contributed by atoms with Crippen molar-refractivity contribution < 1.29 is 9.47 Å². The predicted molar refractivity (Wildman–Crippen MR) is 133 cm³/mol. The summed E-state index contributed by atoms with van der Waals surface area (Å²) in [6, 6.07) is 23.9. The fourth-order valence-electron chi connectivity index (χ4n) is 3.58. The Morgan fingerprint density at radius 2 is 1.82 bits per heavy atom. The van der Waals surface area contributed by atoms with Crippen LogP contribution in [0.3, 0.4) is 0 Å². The number of nitrogens with zero attached hydrogens (tertiary/aromatic N) is 2. The fraction of sp³-hybridized carbons (Fsp3) is 0.111. The SMILES string of the molecule is C=C(C#N)CNc1c(OC)ccc2ccc(-c3cc(Nc4cccc(OC)c4)ccn3)cc12. The molecule has 0 aliphatic rings. The summed E-state index contributed by atoms with van der Waals surface area (Å²) in [5, 5.41) is 17.8. The van der Waals surface area contributed by atoms with Gasteiger partial charge in [-0.15, -0.1) is 0 Å². The third kappa shape index (κ3) is 4.89. The molecule has 0 fully saturated rings. The van der Waals surface area contributed by atoms with Crippen LogP contribution in [-0.4, -0.2) is 25.7 Å². The Balaban J connectivity index is 1.70. The van der Waals surface area contributed by atoms with Crippen molar-refractivity contribution >= 4 is 27.8 Å². The van der Waals surface area contributed by atoms with E-state index in [2.05, 4.69) is 40.4 Å². The first-order valence-electron chi connectivity index (χ1n) is 10.4. The second-order valence-electron chi connectivity index (χ2n) is 7.43. The molecular formula is C27H24N4O2. The molecule has 0 radical (unpaired) electrons. The number of pyridine rings is 1. The number of nitrogens with one attached hydrogen (secondary N) is 2. The van der Waals surface area contributed by atoms with Gasteiger partial charge in [-0.3, -0.25) is 4.98 Å². The van der Waals surface area contributed by atoms with Crippen molar-refractivity contribution in [1.82, 2.24) is 4.98 Å². The Kier molecular flexibility index (Phi) is 6.42. The van der Waals surface area contributed by atoms with Crippen molar-refractivity contribution in [2.75, 3.05) is 31.4 Å². The number of rotatable bonds is 8. The normalized spacial score (nSPS) is 10.3. The second-order valence-corrected chi connectivity index (χ2v) is 7.43. The van der Waals surface area contributed by atoms with E-state index in [-0.39, 0.29) is 0 Å². The minimum absolute atomic E-state index is 0.342. The summed E-state index contributed by atoms with van der Waals surface area (Å²) in [4.78, 5) is 4.58. The first kappa shape index (κ1) is 21.7. The van der Waals surface area contributed by atoms with E-state index in [1.54, 1.807) is 20.4 Å². The largest absolute Gasteiger partial charge is 0.497 e. The highest BCUT2D eigenvalue weighted by Gasteiger charge is 2.11. The van der Waals surface area contributed by atoms with Crippen LogP contribution in [0.15, 0.2) is 85.1 Å². The molecule has 0 aliphatic carbocycles. The van der Waals surface area contributed by atoms with Crippen LogP contribution in [0.5, 0.6) is 11.5 Å². The molecule has 0 atom stereocenters. The average Bonchev–Trinajstić information content (AvgIpc) is 2.86. The van der Waals surface area contributed by atoms with E-state index >= 15 is 0 Å². The molecule has 6 heteroatoms. The van der Waals surface area contributed by atoms with Crippen LogP contribution in [0, 0.1) is 11.3 Å². The van der Waals surface area contributed by atoms with Gasteiger partial charge in [0.1, 0.15) is 11.5 Å². The maximum atomic E-state index is 9.06. The standard InChI is InChI=1S/C27H24N4O2/c1-18(16-28)17-30-27-24-13-20(8-7-19(24)9-10-26(27)33-3)25-15-22(11-12-29-25)31-21-5-4-6-23(14-21)32-2/h4-15,30H,1,17H2,2-3H3,(H,29,31). The lowest BCUT2D eigenvalue weighted by Gasteiger charge is -2.15. The maximum Gasteiger partial charge on any atom is 0.142 e. The van der Waals surface area contributed by atoms with Gasteiger partial charge in [0.15, 0.2) is 0 Å². The number of hydrogen-bond donors (Lipinski definition) is 2. The monoisotopic (exact) mass is 436 g/mol. The van der Waals surface area contributed by atoms with Crippen molar-refractivity contribution in [1.29, 1.82) is 5.26 Å². The lowest BCUT2D eigenvalue weighted by molar-refractivity contribution is 0.415. The van der Waals surface area contributed by atoms with Gasteiger partial charge in [-0.25, -0.2) is 0 Å². The average molecular weight is 437 g/mol. The van der Waals surface area contributed by atoms with Gasteiger partial charge in [0.05, 0.1) is 31.7 Å². The minimum Gasteiger partial charge on any atom is -0.497 e. The molecule has 3 aromatic carbocycles. The topological polar surface area (TPSA) is 79.2 Å². The van der Waals surface area contributed by atoms with Crippen molar-refractivity contribution in [3.05, 3.63) is 85.1 Å². The summed E-state index contributed by atoms with van der Waals surface area (Å²) < 4.78 is 10.9. The van der Waals surface area contributed by atoms with Crippen LogP contribution in [0.4, 0.5) is 17.1 Å². The van der Waals surface area contributed by atoms with Gasteiger partial charge in [0.25, 0.3) is 0 Å². The molecule has 0 unspecified atom stereocenters. The predicted octanol–water partition coefficient (Wildman–Crippen LogP) is 6.15. The fourth-order valence-corrected chi connectivity index (χ4v) is 3.58. The molecule has 1 heterocycles. The molecule has 33 heavy (non-hydrogen) atoms. The van der Waals surface area contributed by atoms with Gasteiger partial charge in [-0.05, 0) is 41.8 Å². The molecule has 0 bridgehead atoms. The van der Waals surface area contributed by atoms with E-state index in [0.29, 0.717) is 17.9 Å². The van der Waals surface area contributed by atoms with Crippen LogP contribution < -0.4 is 20.1 Å². The van der Waals surface area contributed by atoms with Gasteiger partial charge >= 0.3 is 0 Å². The quantitative estimate of drug-likeness (QED) is 0.322. The zero-order chi connectivity index (χ0) is 23.2. The second kappa shape index (κ2) is 9.75. The molecule has 0 saturated carbocycles. The van der Waals surface area contributed by atoms with E-state index < -0.39 is 0 Å². The van der Waals surface area contributed by atoms with Crippen molar-refractivity contribution in [2.24, 2.45) is 0 Å².